The number of hydrogen-bond acceptors (Lipinski definition) is 6. The maximum atomic E-state index is 13.2. The molecular weight excluding hydrogens is 460 g/mol. The van der Waals surface area contributed by atoms with Gasteiger partial charge >= 0.3 is 0 Å². The Morgan fingerprint density at radius 2 is 2.00 bits per heavy atom. The number of benzene rings is 2. The van der Waals surface area contributed by atoms with Crippen LogP contribution in [0.25, 0.3) is 5.69 Å². The largest absolute Gasteiger partial charge is 0.372 e. The summed E-state index contributed by atoms with van der Waals surface area (Å²) in [6.45, 7) is 4.92. The average Bonchev–Trinajstić information content (AvgIpc) is 3.50. The number of aromatic nitrogens is 2. The lowest BCUT2D eigenvalue weighted by atomic mass is 9.75. The zero-order valence-electron chi connectivity index (χ0n) is 20.3. The highest BCUT2D eigenvalue weighted by Crippen LogP contribution is 2.42. The van der Waals surface area contributed by atoms with E-state index in [1.165, 1.54) is 16.8 Å². The van der Waals surface area contributed by atoms with Crippen molar-refractivity contribution in [1.82, 2.24) is 15.1 Å². The monoisotopic (exact) mass is 488 g/mol. The van der Waals surface area contributed by atoms with Crippen LogP contribution in [0.3, 0.4) is 0 Å². The molecule has 3 aromatic rings. The third kappa shape index (κ3) is 4.54. The third-order valence-electron chi connectivity index (χ3n) is 6.77. The van der Waals surface area contributed by atoms with Gasteiger partial charge in [-0.05, 0) is 42.4 Å². The minimum atomic E-state index is -0.515. The Labute approximate surface area is 208 Å². The van der Waals surface area contributed by atoms with Crippen LogP contribution < -0.4 is 5.32 Å². The van der Waals surface area contributed by atoms with E-state index in [2.05, 4.69) is 5.32 Å². The van der Waals surface area contributed by atoms with Crippen molar-refractivity contribution < 1.29 is 19.2 Å². The molecule has 1 saturated heterocycles. The Kier molecular flexibility index (Phi) is 6.17. The fraction of sp³-hybridized carbons (Fsp3) is 0.370. The number of ketones is 1. The van der Waals surface area contributed by atoms with Crippen molar-refractivity contribution in [1.29, 1.82) is 0 Å². The number of hydrogen-bond donors (Lipinski definition) is 1. The molecule has 5 rings (SSSR count). The Morgan fingerprint density at radius 1 is 1.22 bits per heavy atom. The van der Waals surface area contributed by atoms with E-state index in [-0.39, 0.29) is 34.2 Å². The molecule has 0 spiro atoms. The first-order valence-electron chi connectivity index (χ1n) is 12.1. The Balaban J connectivity index is 1.54. The van der Waals surface area contributed by atoms with E-state index in [4.69, 9.17) is 9.84 Å². The number of Topliss-reactive ketones (excluding diaryl/α,β-unsaturated/α-hetero) is 1. The van der Waals surface area contributed by atoms with Crippen molar-refractivity contribution in [2.45, 2.75) is 52.2 Å². The summed E-state index contributed by atoms with van der Waals surface area (Å²) in [5.41, 5.74) is 2.52. The molecule has 0 bridgehead atoms. The first-order valence-corrected chi connectivity index (χ1v) is 12.1. The van der Waals surface area contributed by atoms with E-state index in [0.29, 0.717) is 42.9 Å². The Morgan fingerprint density at radius 3 is 2.69 bits per heavy atom. The van der Waals surface area contributed by atoms with Gasteiger partial charge in [0.1, 0.15) is 17.5 Å². The molecule has 2 aliphatic rings. The van der Waals surface area contributed by atoms with Gasteiger partial charge in [-0.3, -0.25) is 19.7 Å². The number of carbonyl (C=O) groups excluding carboxylic acids is 2. The van der Waals surface area contributed by atoms with Gasteiger partial charge in [-0.25, -0.2) is 4.68 Å². The maximum Gasteiger partial charge on any atom is 0.295 e. The number of carbonyl (C=O) groups is 2. The number of nitrogens with zero attached hydrogens (tertiary/aromatic N) is 3. The molecule has 1 aliphatic heterocycles. The molecule has 36 heavy (non-hydrogen) atoms. The first-order chi connectivity index (χ1) is 17.2. The number of amides is 1. The number of nitro benzene ring substituents is 1. The summed E-state index contributed by atoms with van der Waals surface area (Å²) in [7, 11) is 0. The van der Waals surface area contributed by atoms with Crippen molar-refractivity contribution >= 4 is 17.4 Å². The van der Waals surface area contributed by atoms with Gasteiger partial charge in [-0.15, -0.1) is 0 Å². The van der Waals surface area contributed by atoms with Crippen LogP contribution in [0.1, 0.15) is 76.9 Å². The van der Waals surface area contributed by atoms with E-state index >= 15 is 0 Å². The Bertz CT molecular complexity index is 1340. The van der Waals surface area contributed by atoms with E-state index in [0.717, 1.165) is 18.4 Å². The summed E-state index contributed by atoms with van der Waals surface area (Å²) in [6.07, 6.45) is 2.26. The van der Waals surface area contributed by atoms with Gasteiger partial charge in [0.25, 0.3) is 11.6 Å². The fourth-order valence-electron chi connectivity index (χ4n) is 5.07. The van der Waals surface area contributed by atoms with Crippen molar-refractivity contribution in [3.05, 3.63) is 86.7 Å². The Hall–Kier alpha value is -3.85. The number of ether oxygens (including phenoxy) is 1. The molecule has 2 aromatic carbocycles. The number of rotatable bonds is 6. The summed E-state index contributed by atoms with van der Waals surface area (Å²) in [5.74, 6) is -0.426. The molecule has 0 saturated carbocycles. The van der Waals surface area contributed by atoms with Crippen LogP contribution in [0.5, 0.6) is 0 Å². The van der Waals surface area contributed by atoms with Crippen LogP contribution in [0.2, 0.25) is 0 Å². The zero-order valence-corrected chi connectivity index (χ0v) is 20.3. The highest BCUT2D eigenvalue weighted by atomic mass is 16.6. The minimum absolute atomic E-state index is 0.0161. The highest BCUT2D eigenvalue weighted by molar-refractivity contribution is 6.00. The van der Waals surface area contributed by atoms with Crippen LogP contribution in [0.15, 0.2) is 48.5 Å². The molecule has 1 unspecified atom stereocenters. The molecular formula is C27H28N4O5. The van der Waals surface area contributed by atoms with E-state index < -0.39 is 10.8 Å². The van der Waals surface area contributed by atoms with Gasteiger partial charge in [0.05, 0.1) is 16.2 Å². The predicted molar refractivity (Wildman–Crippen MR) is 132 cm³/mol. The van der Waals surface area contributed by atoms with Gasteiger partial charge < -0.3 is 10.1 Å². The van der Waals surface area contributed by atoms with Crippen LogP contribution in [-0.2, 0) is 17.7 Å². The smallest absolute Gasteiger partial charge is 0.295 e. The molecule has 9 nitrogen and oxygen atoms in total. The normalized spacial score (nSPS) is 18.6. The summed E-state index contributed by atoms with van der Waals surface area (Å²) in [5, 5.41) is 19.6. The average molecular weight is 489 g/mol. The summed E-state index contributed by atoms with van der Waals surface area (Å²) < 4.78 is 7.35. The van der Waals surface area contributed by atoms with Gasteiger partial charge in [0.2, 0.25) is 0 Å². The van der Waals surface area contributed by atoms with Gasteiger partial charge in [-0.2, -0.15) is 5.10 Å². The predicted octanol–water partition coefficient (Wildman–Crippen LogP) is 4.72. The highest BCUT2D eigenvalue weighted by Gasteiger charge is 2.40. The topological polar surface area (TPSA) is 116 Å². The number of fused-ring (bicyclic) bond motifs is 1. The van der Waals surface area contributed by atoms with Crippen LogP contribution in [-0.4, -0.2) is 33.0 Å². The molecule has 1 atom stereocenters. The second-order valence-electron chi connectivity index (χ2n) is 10.2. The van der Waals surface area contributed by atoms with E-state index in [1.54, 1.807) is 6.07 Å². The lowest BCUT2D eigenvalue weighted by molar-refractivity contribution is -0.384. The molecule has 9 heteroatoms. The summed E-state index contributed by atoms with van der Waals surface area (Å²) in [4.78, 5) is 37.5. The zero-order chi connectivity index (χ0) is 25.4. The molecule has 1 fully saturated rings. The van der Waals surface area contributed by atoms with E-state index in [9.17, 15) is 19.7 Å². The standard InChI is InChI=1S/C27H28N4O5/c1-27(2)14-21-24(22(32)15-27)25(23-9-6-12-36-23)29-30(21)19-11-10-18(13-20(19)31(34)35)26(33)28-16-17-7-4-3-5-8-17/h3-5,7-8,10-11,13,23H,6,9,12,14-16H2,1-2H3,(H,28,33). The summed E-state index contributed by atoms with van der Waals surface area (Å²) >= 11 is 0. The molecule has 1 amide bonds. The van der Waals surface area contributed by atoms with Crippen LogP contribution in [0, 0.1) is 15.5 Å². The quantitative estimate of drug-likeness (QED) is 0.397. The molecule has 186 valence electrons. The van der Waals surface area contributed by atoms with Crippen LogP contribution >= 0.6 is 0 Å². The fourth-order valence-corrected chi connectivity index (χ4v) is 5.07. The van der Waals surface area contributed by atoms with Gasteiger partial charge in [0, 0.05) is 31.2 Å². The molecule has 0 radical (unpaired) electrons. The number of nitro groups is 1. The second kappa shape index (κ2) is 9.31. The van der Waals surface area contributed by atoms with Crippen LogP contribution in [0.4, 0.5) is 5.69 Å². The number of nitrogens with one attached hydrogen (secondary N) is 1. The molecule has 1 aliphatic carbocycles. The third-order valence-corrected chi connectivity index (χ3v) is 6.77. The summed E-state index contributed by atoms with van der Waals surface area (Å²) in [6, 6.07) is 13.8. The van der Waals surface area contributed by atoms with Crippen molar-refractivity contribution in [3.8, 4) is 5.69 Å². The van der Waals surface area contributed by atoms with Gasteiger partial charge in [-0.1, -0.05) is 44.2 Å². The first kappa shape index (κ1) is 23.9. The van der Waals surface area contributed by atoms with Crippen molar-refractivity contribution in [2.75, 3.05) is 6.61 Å². The minimum Gasteiger partial charge on any atom is -0.372 e. The lowest BCUT2D eigenvalue weighted by Crippen LogP contribution is -2.28. The van der Waals surface area contributed by atoms with Gasteiger partial charge in [0.15, 0.2) is 5.78 Å². The van der Waals surface area contributed by atoms with Crippen molar-refractivity contribution in [2.24, 2.45) is 5.41 Å². The molecule has 2 heterocycles. The maximum absolute atomic E-state index is 13.2. The molecule has 1 N–H and O–H groups in total. The van der Waals surface area contributed by atoms with E-state index in [1.807, 2.05) is 44.2 Å². The molecule has 1 aromatic heterocycles. The lowest BCUT2D eigenvalue weighted by Gasteiger charge is -2.29. The second-order valence-corrected chi connectivity index (χ2v) is 10.2. The SMILES string of the molecule is CC1(C)CC(=O)c2c(C3CCCO3)nn(-c3ccc(C(=O)NCc4ccccc4)cc3[N+](=O)[O-])c2C1. The van der Waals surface area contributed by atoms with Crippen molar-refractivity contribution in [3.63, 3.8) is 0 Å².